The zero-order chi connectivity index (χ0) is 15.2. The van der Waals surface area contributed by atoms with Gasteiger partial charge in [-0.25, -0.2) is 4.98 Å². The van der Waals surface area contributed by atoms with E-state index >= 15 is 0 Å². The highest BCUT2D eigenvalue weighted by Crippen LogP contribution is 2.31. The van der Waals surface area contributed by atoms with Crippen molar-refractivity contribution < 1.29 is 4.92 Å². The highest BCUT2D eigenvalue weighted by molar-refractivity contribution is 7.13. The van der Waals surface area contributed by atoms with Crippen molar-refractivity contribution in [3.63, 3.8) is 0 Å². The smallest absolute Gasteiger partial charge is 0.288 e. The van der Waals surface area contributed by atoms with Crippen LogP contribution in [0.3, 0.4) is 0 Å². The van der Waals surface area contributed by atoms with Gasteiger partial charge in [-0.3, -0.25) is 10.1 Å². The molecular weight excluding hydrogens is 310 g/mol. The molecule has 0 radical (unpaired) electrons. The summed E-state index contributed by atoms with van der Waals surface area (Å²) in [6, 6.07) is 4.77. The van der Waals surface area contributed by atoms with E-state index in [1.807, 2.05) is 5.38 Å². The predicted molar refractivity (Wildman–Crippen MR) is 86.1 cm³/mol. The topological polar surface area (TPSA) is 68.1 Å². The van der Waals surface area contributed by atoms with E-state index in [1.54, 1.807) is 12.1 Å². The number of nitrogens with zero attached hydrogens (tertiary/aromatic N) is 2. The Balaban J connectivity index is 2.10. The van der Waals surface area contributed by atoms with Gasteiger partial charge in [0.05, 0.1) is 10.6 Å². The highest BCUT2D eigenvalue weighted by atomic mass is 35.5. The number of hydrogen-bond donors (Lipinski definition) is 1. The fraction of sp³-hybridized carbons (Fsp3) is 0.357. The van der Waals surface area contributed by atoms with Gasteiger partial charge in [-0.2, -0.15) is 0 Å². The standard InChI is InChI=1S/C14H16ClN3O2S/c1-2-6-16-7-5-11-9-21-14(17-11)10-3-4-12(15)13(8-10)18(19)20/h3-4,8-9,16H,2,5-7H2,1H3. The number of rotatable bonds is 7. The van der Waals surface area contributed by atoms with Crippen LogP contribution in [0, 0.1) is 10.1 Å². The number of benzene rings is 1. The minimum absolute atomic E-state index is 0.0875. The largest absolute Gasteiger partial charge is 0.316 e. The molecule has 112 valence electrons. The molecule has 0 saturated heterocycles. The molecule has 0 atom stereocenters. The minimum atomic E-state index is -0.477. The molecular formula is C14H16ClN3O2S. The summed E-state index contributed by atoms with van der Waals surface area (Å²) in [7, 11) is 0. The van der Waals surface area contributed by atoms with Crippen molar-refractivity contribution >= 4 is 28.6 Å². The fourth-order valence-corrected chi connectivity index (χ4v) is 2.90. The lowest BCUT2D eigenvalue weighted by atomic mass is 10.2. The number of nitro groups is 1. The van der Waals surface area contributed by atoms with Crippen LogP contribution in [-0.4, -0.2) is 23.0 Å². The quantitative estimate of drug-likeness (QED) is 0.476. The molecule has 0 aliphatic carbocycles. The van der Waals surface area contributed by atoms with Gasteiger partial charge in [0.25, 0.3) is 5.69 Å². The summed E-state index contributed by atoms with van der Waals surface area (Å²) < 4.78 is 0. The first kappa shape index (κ1) is 15.9. The van der Waals surface area contributed by atoms with E-state index < -0.39 is 4.92 Å². The first-order chi connectivity index (χ1) is 10.1. The van der Waals surface area contributed by atoms with E-state index in [0.29, 0.717) is 0 Å². The van der Waals surface area contributed by atoms with Crippen molar-refractivity contribution in [3.8, 4) is 10.6 Å². The molecule has 21 heavy (non-hydrogen) atoms. The summed E-state index contributed by atoms with van der Waals surface area (Å²) in [5, 5.41) is 17.1. The zero-order valence-corrected chi connectivity index (χ0v) is 13.2. The van der Waals surface area contributed by atoms with E-state index in [4.69, 9.17) is 11.6 Å². The Kier molecular flexibility index (Phi) is 5.67. The number of nitrogens with one attached hydrogen (secondary N) is 1. The lowest BCUT2D eigenvalue weighted by Crippen LogP contribution is -2.17. The molecule has 0 amide bonds. The second kappa shape index (κ2) is 7.49. The van der Waals surface area contributed by atoms with E-state index in [2.05, 4.69) is 17.2 Å². The third-order valence-corrected chi connectivity index (χ3v) is 4.19. The molecule has 1 aromatic carbocycles. The Morgan fingerprint density at radius 2 is 2.24 bits per heavy atom. The average Bonchev–Trinajstić information content (AvgIpc) is 2.92. The van der Waals surface area contributed by atoms with Crippen LogP contribution in [0.15, 0.2) is 23.6 Å². The van der Waals surface area contributed by atoms with Crippen molar-refractivity contribution in [3.05, 3.63) is 44.4 Å². The third kappa shape index (κ3) is 4.23. The van der Waals surface area contributed by atoms with Crippen LogP contribution in [0.25, 0.3) is 10.6 Å². The maximum absolute atomic E-state index is 10.9. The second-order valence-corrected chi connectivity index (χ2v) is 5.83. The summed E-state index contributed by atoms with van der Waals surface area (Å²) in [6.07, 6.45) is 1.96. The van der Waals surface area contributed by atoms with Crippen LogP contribution >= 0.6 is 22.9 Å². The summed E-state index contributed by atoms with van der Waals surface area (Å²) in [5.41, 5.74) is 1.63. The van der Waals surface area contributed by atoms with Crippen molar-refractivity contribution in [2.24, 2.45) is 0 Å². The Hall–Kier alpha value is -1.50. The minimum Gasteiger partial charge on any atom is -0.316 e. The first-order valence-electron chi connectivity index (χ1n) is 6.71. The van der Waals surface area contributed by atoms with Gasteiger partial charge in [0.1, 0.15) is 10.0 Å². The van der Waals surface area contributed by atoms with Crippen molar-refractivity contribution in [2.45, 2.75) is 19.8 Å². The Morgan fingerprint density at radius 1 is 1.43 bits per heavy atom. The van der Waals surface area contributed by atoms with E-state index in [0.717, 1.165) is 42.2 Å². The zero-order valence-electron chi connectivity index (χ0n) is 11.6. The molecule has 0 fully saturated rings. The maximum Gasteiger partial charge on any atom is 0.288 e. The third-order valence-electron chi connectivity index (χ3n) is 2.93. The van der Waals surface area contributed by atoms with Gasteiger partial charge in [0.2, 0.25) is 0 Å². The molecule has 0 saturated carbocycles. The molecule has 7 heteroatoms. The monoisotopic (exact) mass is 325 g/mol. The molecule has 2 rings (SSSR count). The number of aromatic nitrogens is 1. The van der Waals surface area contributed by atoms with E-state index in [1.165, 1.54) is 17.4 Å². The molecule has 2 aromatic rings. The Bertz CT molecular complexity index is 630. The second-order valence-electron chi connectivity index (χ2n) is 4.57. The van der Waals surface area contributed by atoms with Crippen molar-refractivity contribution in [1.82, 2.24) is 10.3 Å². The van der Waals surface area contributed by atoms with Gasteiger partial charge in [-0.1, -0.05) is 18.5 Å². The van der Waals surface area contributed by atoms with Crippen LogP contribution in [0.2, 0.25) is 5.02 Å². The van der Waals surface area contributed by atoms with Gasteiger partial charge in [-0.15, -0.1) is 11.3 Å². The molecule has 5 nitrogen and oxygen atoms in total. The number of hydrogen-bond acceptors (Lipinski definition) is 5. The molecule has 0 aliphatic rings. The maximum atomic E-state index is 10.9. The van der Waals surface area contributed by atoms with Crippen LogP contribution in [0.5, 0.6) is 0 Å². The predicted octanol–water partition coefficient (Wildman–Crippen LogP) is 3.91. The Morgan fingerprint density at radius 3 is 2.95 bits per heavy atom. The summed E-state index contributed by atoms with van der Waals surface area (Å²) in [4.78, 5) is 15.0. The molecule has 0 spiro atoms. The van der Waals surface area contributed by atoms with Gasteiger partial charge < -0.3 is 5.32 Å². The number of halogens is 1. The lowest BCUT2D eigenvalue weighted by molar-refractivity contribution is -0.384. The first-order valence-corrected chi connectivity index (χ1v) is 7.97. The average molecular weight is 326 g/mol. The molecule has 0 aliphatic heterocycles. The van der Waals surface area contributed by atoms with Crippen LogP contribution in [-0.2, 0) is 6.42 Å². The molecule has 1 aromatic heterocycles. The van der Waals surface area contributed by atoms with Gasteiger partial charge in [0.15, 0.2) is 0 Å². The normalized spacial score (nSPS) is 10.8. The van der Waals surface area contributed by atoms with E-state index in [9.17, 15) is 10.1 Å². The SMILES string of the molecule is CCCNCCc1csc(-c2ccc(Cl)c([N+](=O)[O-])c2)n1. The van der Waals surface area contributed by atoms with Gasteiger partial charge in [-0.05, 0) is 25.1 Å². The van der Waals surface area contributed by atoms with Crippen molar-refractivity contribution in [1.29, 1.82) is 0 Å². The van der Waals surface area contributed by atoms with Crippen LogP contribution in [0.1, 0.15) is 19.0 Å². The molecule has 1 N–H and O–H groups in total. The van der Waals surface area contributed by atoms with Gasteiger partial charge >= 0.3 is 0 Å². The van der Waals surface area contributed by atoms with Crippen LogP contribution < -0.4 is 5.32 Å². The molecule has 0 unspecified atom stereocenters. The van der Waals surface area contributed by atoms with E-state index in [-0.39, 0.29) is 10.7 Å². The molecule has 0 bridgehead atoms. The fourth-order valence-electron chi connectivity index (χ4n) is 1.86. The number of nitro benzene ring substituents is 1. The molecule has 1 heterocycles. The Labute approximate surface area is 132 Å². The summed E-state index contributed by atoms with van der Waals surface area (Å²) in [6.45, 7) is 4.01. The van der Waals surface area contributed by atoms with Crippen LogP contribution in [0.4, 0.5) is 5.69 Å². The summed E-state index contributed by atoms with van der Waals surface area (Å²) in [5.74, 6) is 0. The lowest BCUT2D eigenvalue weighted by Gasteiger charge is -2.00. The summed E-state index contributed by atoms with van der Waals surface area (Å²) >= 11 is 7.30. The number of thiazole rings is 1. The van der Waals surface area contributed by atoms with Crippen molar-refractivity contribution in [2.75, 3.05) is 13.1 Å². The highest BCUT2D eigenvalue weighted by Gasteiger charge is 2.15. The van der Waals surface area contributed by atoms with Gasteiger partial charge in [0, 0.05) is 30.0 Å².